The van der Waals surface area contributed by atoms with Crippen molar-refractivity contribution >= 4 is 34.5 Å². The van der Waals surface area contributed by atoms with Crippen LogP contribution in [-0.4, -0.2) is 24.5 Å². The van der Waals surface area contributed by atoms with E-state index in [4.69, 9.17) is 17.3 Å². The number of nitrogen functional groups attached to an aromatic ring is 1. The molecule has 0 atom stereocenters. The molecule has 2 aromatic heterocycles. The first kappa shape index (κ1) is 19.1. The summed E-state index contributed by atoms with van der Waals surface area (Å²) in [5.74, 6) is 0.588. The third kappa shape index (κ3) is 4.00. The average molecular weight is 396 g/mol. The predicted octanol–water partition coefficient (Wildman–Crippen LogP) is 3.45. The van der Waals surface area contributed by atoms with E-state index in [1.165, 1.54) is 12.1 Å². The van der Waals surface area contributed by atoms with Crippen LogP contribution in [0.3, 0.4) is 0 Å². The number of nitrogens with one attached hydrogen (secondary N) is 1. The zero-order valence-corrected chi connectivity index (χ0v) is 15.3. The van der Waals surface area contributed by atoms with Gasteiger partial charge in [-0.15, -0.1) is 12.8 Å². The number of fused-ring (bicyclic) bond motifs is 1. The standard InChI is InChI=1S/C17H13ClFN7.C2H2/c18-15-23-16(20)25-17(24-15)21-9-14-22-12-7-6-10(19)8-13(12)26(14)11-4-2-1-3-5-11;1-2/h1-8H,9H2,(H3,20,21,23,24,25);1-2H. The molecule has 0 aliphatic rings. The monoisotopic (exact) mass is 395 g/mol. The van der Waals surface area contributed by atoms with E-state index in [1.807, 2.05) is 34.9 Å². The van der Waals surface area contributed by atoms with Gasteiger partial charge in [0, 0.05) is 11.8 Å². The van der Waals surface area contributed by atoms with Crippen LogP contribution < -0.4 is 11.1 Å². The van der Waals surface area contributed by atoms with E-state index in [-0.39, 0.29) is 29.5 Å². The van der Waals surface area contributed by atoms with E-state index in [0.29, 0.717) is 16.9 Å². The van der Waals surface area contributed by atoms with Crippen molar-refractivity contribution in [2.75, 3.05) is 11.1 Å². The topological polar surface area (TPSA) is 94.5 Å². The molecule has 0 spiro atoms. The van der Waals surface area contributed by atoms with Gasteiger partial charge in [-0.25, -0.2) is 9.37 Å². The van der Waals surface area contributed by atoms with Gasteiger partial charge in [-0.1, -0.05) is 18.2 Å². The van der Waals surface area contributed by atoms with Gasteiger partial charge < -0.3 is 11.1 Å². The lowest BCUT2D eigenvalue weighted by molar-refractivity contribution is 0.629. The fourth-order valence-electron chi connectivity index (χ4n) is 2.68. The molecule has 0 unspecified atom stereocenters. The molecule has 9 heteroatoms. The number of halogens is 2. The van der Waals surface area contributed by atoms with Gasteiger partial charge in [-0.3, -0.25) is 4.57 Å². The number of benzene rings is 2. The van der Waals surface area contributed by atoms with Crippen molar-refractivity contribution in [1.29, 1.82) is 0 Å². The highest BCUT2D eigenvalue weighted by atomic mass is 35.5. The molecule has 0 bridgehead atoms. The highest BCUT2D eigenvalue weighted by Crippen LogP contribution is 2.23. The first-order valence-corrected chi connectivity index (χ1v) is 8.44. The Morgan fingerprint density at radius 3 is 2.50 bits per heavy atom. The predicted molar refractivity (Wildman–Crippen MR) is 107 cm³/mol. The Bertz CT molecular complexity index is 1110. The number of para-hydroxylation sites is 1. The molecule has 0 amide bonds. The van der Waals surface area contributed by atoms with Crippen molar-refractivity contribution in [1.82, 2.24) is 24.5 Å². The quantitative estimate of drug-likeness (QED) is 0.514. The van der Waals surface area contributed by atoms with Crippen molar-refractivity contribution in [3.63, 3.8) is 0 Å². The minimum absolute atomic E-state index is 0.00127. The van der Waals surface area contributed by atoms with Crippen LogP contribution in [-0.2, 0) is 6.54 Å². The lowest BCUT2D eigenvalue weighted by Crippen LogP contribution is -2.11. The van der Waals surface area contributed by atoms with Crippen LogP contribution in [0, 0.1) is 18.7 Å². The third-order valence-electron chi connectivity index (χ3n) is 3.73. The lowest BCUT2D eigenvalue weighted by atomic mass is 10.2. The average Bonchev–Trinajstić information content (AvgIpc) is 3.05. The zero-order chi connectivity index (χ0) is 20.1. The summed E-state index contributed by atoms with van der Waals surface area (Å²) in [4.78, 5) is 16.3. The molecule has 7 nitrogen and oxygen atoms in total. The van der Waals surface area contributed by atoms with E-state index in [2.05, 4.69) is 38.1 Å². The first-order valence-electron chi connectivity index (χ1n) is 8.07. The molecule has 2 heterocycles. The van der Waals surface area contributed by atoms with E-state index < -0.39 is 0 Å². The van der Waals surface area contributed by atoms with Crippen LogP contribution >= 0.6 is 11.6 Å². The Morgan fingerprint density at radius 1 is 1.04 bits per heavy atom. The molecular weight excluding hydrogens is 381 g/mol. The molecule has 4 aromatic rings. The first-order chi connectivity index (χ1) is 13.6. The van der Waals surface area contributed by atoms with Gasteiger partial charge >= 0.3 is 0 Å². The Balaban J connectivity index is 0.00000109. The number of nitrogens with two attached hydrogens (primary N) is 1. The van der Waals surface area contributed by atoms with Crippen LogP contribution in [0.5, 0.6) is 0 Å². The number of hydrogen-bond acceptors (Lipinski definition) is 6. The second-order valence-corrected chi connectivity index (χ2v) is 5.81. The molecule has 0 saturated carbocycles. The maximum atomic E-state index is 13.8. The fraction of sp³-hybridized carbons (Fsp3) is 0.0526. The molecule has 0 fully saturated rings. The number of nitrogens with zero attached hydrogens (tertiary/aromatic N) is 5. The molecule has 2 aromatic carbocycles. The number of rotatable bonds is 4. The van der Waals surface area contributed by atoms with Crippen molar-refractivity contribution in [3.05, 3.63) is 65.5 Å². The van der Waals surface area contributed by atoms with Crippen LogP contribution in [0.15, 0.2) is 48.5 Å². The molecule has 28 heavy (non-hydrogen) atoms. The Labute approximate surface area is 165 Å². The van der Waals surface area contributed by atoms with E-state index >= 15 is 0 Å². The normalized spacial score (nSPS) is 10.3. The fourth-order valence-corrected chi connectivity index (χ4v) is 2.85. The van der Waals surface area contributed by atoms with Crippen molar-refractivity contribution < 1.29 is 4.39 Å². The van der Waals surface area contributed by atoms with Crippen molar-refractivity contribution in [2.45, 2.75) is 6.54 Å². The molecule has 4 rings (SSSR count). The van der Waals surface area contributed by atoms with Crippen LogP contribution in [0.1, 0.15) is 5.82 Å². The molecule has 0 saturated heterocycles. The summed E-state index contributed by atoms with van der Waals surface area (Å²) in [6.45, 7) is 0.283. The summed E-state index contributed by atoms with van der Waals surface area (Å²) in [6, 6.07) is 14.1. The van der Waals surface area contributed by atoms with Crippen molar-refractivity contribution in [2.24, 2.45) is 0 Å². The Hall–Kier alpha value is -3.70. The largest absolute Gasteiger partial charge is 0.368 e. The van der Waals surface area contributed by atoms with Gasteiger partial charge in [-0.2, -0.15) is 15.0 Å². The van der Waals surface area contributed by atoms with Crippen LogP contribution in [0.25, 0.3) is 16.7 Å². The smallest absolute Gasteiger partial charge is 0.229 e. The number of hydrogen-bond donors (Lipinski definition) is 2. The Kier molecular flexibility index (Phi) is 5.67. The highest BCUT2D eigenvalue weighted by Gasteiger charge is 2.14. The SMILES string of the molecule is C#C.Nc1nc(Cl)nc(NCc2nc3ccc(F)cc3n2-c2ccccc2)n1. The molecule has 0 radical (unpaired) electrons. The lowest BCUT2D eigenvalue weighted by Gasteiger charge is -2.10. The summed E-state index contributed by atoms with van der Waals surface area (Å²) in [5.41, 5.74) is 7.79. The molecule has 0 aliphatic heterocycles. The Morgan fingerprint density at radius 2 is 1.79 bits per heavy atom. The number of aromatic nitrogens is 5. The molecule has 140 valence electrons. The molecule has 0 aliphatic carbocycles. The maximum absolute atomic E-state index is 13.8. The van der Waals surface area contributed by atoms with Crippen molar-refractivity contribution in [3.8, 4) is 18.5 Å². The van der Waals surface area contributed by atoms with Crippen LogP contribution in [0.2, 0.25) is 5.28 Å². The summed E-state index contributed by atoms with van der Waals surface area (Å²) in [6.07, 6.45) is 8.00. The van der Waals surface area contributed by atoms with Gasteiger partial charge in [-0.05, 0) is 35.9 Å². The summed E-state index contributed by atoms with van der Waals surface area (Å²) < 4.78 is 15.6. The van der Waals surface area contributed by atoms with Gasteiger partial charge in [0.05, 0.1) is 17.6 Å². The van der Waals surface area contributed by atoms with E-state index in [1.54, 1.807) is 6.07 Å². The van der Waals surface area contributed by atoms with Gasteiger partial charge in [0.2, 0.25) is 17.2 Å². The molecular formula is C19H15ClFN7. The maximum Gasteiger partial charge on any atom is 0.229 e. The van der Waals surface area contributed by atoms with Gasteiger partial charge in [0.1, 0.15) is 11.6 Å². The number of anilines is 2. The van der Waals surface area contributed by atoms with Gasteiger partial charge in [0.15, 0.2) is 0 Å². The van der Waals surface area contributed by atoms with E-state index in [9.17, 15) is 4.39 Å². The zero-order valence-electron chi connectivity index (χ0n) is 14.5. The minimum Gasteiger partial charge on any atom is -0.368 e. The van der Waals surface area contributed by atoms with E-state index in [0.717, 1.165) is 5.69 Å². The second-order valence-electron chi connectivity index (χ2n) is 5.47. The minimum atomic E-state index is -0.328. The highest BCUT2D eigenvalue weighted by molar-refractivity contribution is 6.28. The number of terminal acetylenes is 1. The summed E-state index contributed by atoms with van der Waals surface area (Å²) in [5, 5.41) is 3.02. The van der Waals surface area contributed by atoms with Crippen LogP contribution in [0.4, 0.5) is 16.3 Å². The second kappa shape index (κ2) is 8.33. The summed E-state index contributed by atoms with van der Waals surface area (Å²) >= 11 is 5.80. The third-order valence-corrected chi connectivity index (χ3v) is 3.90. The van der Waals surface area contributed by atoms with Gasteiger partial charge in [0.25, 0.3) is 0 Å². The molecule has 3 N–H and O–H groups in total. The number of imidazole rings is 1. The summed E-state index contributed by atoms with van der Waals surface area (Å²) in [7, 11) is 0.